The molecule has 1 aromatic carbocycles. The molecule has 2 fully saturated rings. The summed E-state index contributed by atoms with van der Waals surface area (Å²) in [5, 5.41) is 10.3. The van der Waals surface area contributed by atoms with E-state index in [1.165, 1.54) is 12.1 Å². The molecule has 0 saturated carbocycles. The molecular weight excluding hydrogens is 294 g/mol. The predicted octanol–water partition coefficient (Wildman–Crippen LogP) is 2.27. The van der Waals surface area contributed by atoms with Gasteiger partial charge in [0.15, 0.2) is 6.29 Å². The normalized spacial score (nSPS) is 23.5. The van der Waals surface area contributed by atoms with Crippen molar-refractivity contribution in [3.8, 4) is 5.75 Å². The molecule has 3 rings (SSSR count). The molecule has 0 aromatic heterocycles. The third-order valence-corrected chi connectivity index (χ3v) is 4.20. The molecule has 1 atom stereocenters. The highest BCUT2D eigenvalue weighted by molar-refractivity contribution is 6.31. The average molecular weight is 312 g/mol. The summed E-state index contributed by atoms with van der Waals surface area (Å²) in [5.74, 6) is -0.0517. The van der Waals surface area contributed by atoms with Crippen molar-refractivity contribution >= 4 is 17.5 Å². The minimum atomic E-state index is -0.214. The quantitative estimate of drug-likeness (QED) is 0.910. The molecule has 0 radical (unpaired) electrons. The first kappa shape index (κ1) is 14.6. The zero-order chi connectivity index (χ0) is 14.8. The Morgan fingerprint density at radius 1 is 1.33 bits per heavy atom. The number of amides is 1. The van der Waals surface area contributed by atoms with Crippen LogP contribution in [0.4, 0.5) is 0 Å². The predicted molar refractivity (Wildman–Crippen MR) is 77.4 cm³/mol. The molecule has 114 valence electrons. The number of carbonyl (C=O) groups is 1. The molecule has 0 unspecified atom stereocenters. The summed E-state index contributed by atoms with van der Waals surface area (Å²) in [7, 11) is 0. The van der Waals surface area contributed by atoms with Crippen molar-refractivity contribution in [1.82, 2.24) is 4.90 Å². The van der Waals surface area contributed by atoms with Crippen LogP contribution in [0.1, 0.15) is 23.2 Å². The van der Waals surface area contributed by atoms with Gasteiger partial charge in [-0.05, 0) is 31.0 Å². The smallest absolute Gasteiger partial charge is 0.257 e. The second kappa shape index (κ2) is 6.22. The van der Waals surface area contributed by atoms with Crippen LogP contribution in [-0.4, -0.2) is 48.5 Å². The molecule has 5 nitrogen and oxygen atoms in total. The van der Waals surface area contributed by atoms with Crippen molar-refractivity contribution in [2.45, 2.75) is 19.1 Å². The van der Waals surface area contributed by atoms with E-state index >= 15 is 0 Å². The van der Waals surface area contributed by atoms with E-state index in [4.69, 9.17) is 21.1 Å². The number of phenols is 1. The van der Waals surface area contributed by atoms with E-state index in [1.54, 1.807) is 11.0 Å². The summed E-state index contributed by atoms with van der Waals surface area (Å²) < 4.78 is 11.1. The summed E-state index contributed by atoms with van der Waals surface area (Å²) in [6, 6.07) is 4.51. The first-order valence-corrected chi connectivity index (χ1v) is 7.54. The Labute approximate surface area is 128 Å². The van der Waals surface area contributed by atoms with Gasteiger partial charge in [0.1, 0.15) is 5.75 Å². The lowest BCUT2D eigenvalue weighted by Crippen LogP contribution is -2.43. The molecule has 2 aliphatic heterocycles. The topological polar surface area (TPSA) is 59.0 Å². The molecule has 2 heterocycles. The van der Waals surface area contributed by atoms with E-state index in [0.29, 0.717) is 31.3 Å². The van der Waals surface area contributed by atoms with Gasteiger partial charge in [0, 0.05) is 24.0 Å². The molecule has 0 spiro atoms. The third-order valence-electron chi connectivity index (χ3n) is 3.97. The molecule has 2 saturated heterocycles. The van der Waals surface area contributed by atoms with E-state index in [0.717, 1.165) is 12.8 Å². The van der Waals surface area contributed by atoms with Gasteiger partial charge in [-0.25, -0.2) is 0 Å². The summed E-state index contributed by atoms with van der Waals surface area (Å²) in [6.07, 6.45) is 1.67. The Bertz CT molecular complexity index is 530. The van der Waals surface area contributed by atoms with E-state index in [1.807, 2.05) is 0 Å². The first-order valence-electron chi connectivity index (χ1n) is 7.16. The highest BCUT2D eigenvalue weighted by atomic mass is 35.5. The largest absolute Gasteiger partial charge is 0.507 e. The molecule has 6 heteroatoms. The van der Waals surface area contributed by atoms with Crippen LogP contribution in [-0.2, 0) is 9.47 Å². The lowest BCUT2D eigenvalue weighted by atomic mass is 9.96. The Hall–Kier alpha value is -1.30. The maximum Gasteiger partial charge on any atom is 0.257 e. The molecule has 1 N–H and O–H groups in total. The summed E-state index contributed by atoms with van der Waals surface area (Å²) in [4.78, 5) is 14.3. The van der Waals surface area contributed by atoms with Gasteiger partial charge in [0.25, 0.3) is 5.91 Å². The molecule has 2 aliphatic rings. The minimum Gasteiger partial charge on any atom is -0.507 e. The third kappa shape index (κ3) is 3.15. The van der Waals surface area contributed by atoms with Gasteiger partial charge < -0.3 is 19.5 Å². The van der Waals surface area contributed by atoms with E-state index < -0.39 is 0 Å². The molecular formula is C15H18ClNO4. The van der Waals surface area contributed by atoms with E-state index in [-0.39, 0.29) is 29.4 Å². The van der Waals surface area contributed by atoms with Crippen LogP contribution in [0, 0.1) is 5.92 Å². The van der Waals surface area contributed by atoms with Gasteiger partial charge in [-0.15, -0.1) is 0 Å². The highest BCUT2D eigenvalue weighted by Gasteiger charge is 2.33. The van der Waals surface area contributed by atoms with Gasteiger partial charge in [0.2, 0.25) is 0 Å². The molecule has 1 aromatic rings. The number of hydrogen-bond donors (Lipinski definition) is 1. The molecule has 1 amide bonds. The Balaban J connectivity index is 1.73. The maximum absolute atomic E-state index is 12.6. The number of ether oxygens (including phenoxy) is 2. The highest BCUT2D eigenvalue weighted by Crippen LogP contribution is 2.28. The van der Waals surface area contributed by atoms with Crippen molar-refractivity contribution in [3.05, 3.63) is 28.8 Å². The average Bonchev–Trinajstić information content (AvgIpc) is 3.03. The number of hydrogen-bond acceptors (Lipinski definition) is 4. The number of carbonyl (C=O) groups excluding carboxylic acids is 1. The first-order chi connectivity index (χ1) is 10.1. The SMILES string of the molecule is O=C(c1cc(Cl)ccc1O)N1CCC[C@@H](C2OCCO2)C1. The number of phenolic OH excluding ortho intramolecular Hbond substituents is 1. The molecule has 0 bridgehead atoms. The second-order valence-electron chi connectivity index (χ2n) is 5.42. The standard InChI is InChI=1S/C15H18ClNO4/c16-11-3-4-13(18)12(8-11)14(19)17-5-1-2-10(9-17)15-20-6-7-21-15/h3-4,8,10,15,18H,1-2,5-7,9H2/t10-/m1/s1. The van der Waals surface area contributed by atoms with Crippen LogP contribution in [0.25, 0.3) is 0 Å². The maximum atomic E-state index is 12.6. The fourth-order valence-corrected chi connectivity index (χ4v) is 3.09. The second-order valence-corrected chi connectivity index (χ2v) is 5.86. The Morgan fingerprint density at radius 2 is 2.10 bits per heavy atom. The van der Waals surface area contributed by atoms with Crippen LogP contribution in [0.2, 0.25) is 5.02 Å². The van der Waals surface area contributed by atoms with Crippen LogP contribution < -0.4 is 0 Å². The number of nitrogens with zero attached hydrogens (tertiary/aromatic N) is 1. The Morgan fingerprint density at radius 3 is 2.86 bits per heavy atom. The lowest BCUT2D eigenvalue weighted by molar-refractivity contribution is -0.0969. The number of benzene rings is 1. The number of aromatic hydroxyl groups is 1. The van der Waals surface area contributed by atoms with Crippen molar-refractivity contribution in [2.75, 3.05) is 26.3 Å². The lowest BCUT2D eigenvalue weighted by Gasteiger charge is -2.34. The minimum absolute atomic E-state index is 0.0418. The number of likely N-dealkylation sites (tertiary alicyclic amines) is 1. The fraction of sp³-hybridized carbons (Fsp3) is 0.533. The zero-order valence-electron chi connectivity index (χ0n) is 11.6. The van der Waals surface area contributed by atoms with Crippen LogP contribution in [0.15, 0.2) is 18.2 Å². The van der Waals surface area contributed by atoms with Crippen LogP contribution >= 0.6 is 11.6 Å². The molecule has 0 aliphatic carbocycles. The van der Waals surface area contributed by atoms with Crippen LogP contribution in [0.3, 0.4) is 0 Å². The fourth-order valence-electron chi connectivity index (χ4n) is 2.92. The van der Waals surface area contributed by atoms with Gasteiger partial charge in [-0.2, -0.15) is 0 Å². The van der Waals surface area contributed by atoms with Crippen molar-refractivity contribution in [1.29, 1.82) is 0 Å². The van der Waals surface area contributed by atoms with Gasteiger partial charge in [-0.1, -0.05) is 11.6 Å². The van der Waals surface area contributed by atoms with Crippen molar-refractivity contribution < 1.29 is 19.4 Å². The number of piperidine rings is 1. The van der Waals surface area contributed by atoms with Gasteiger partial charge in [0.05, 0.1) is 18.8 Å². The molecule has 21 heavy (non-hydrogen) atoms. The van der Waals surface area contributed by atoms with Crippen LogP contribution in [0.5, 0.6) is 5.75 Å². The van der Waals surface area contributed by atoms with Gasteiger partial charge in [-0.3, -0.25) is 4.79 Å². The van der Waals surface area contributed by atoms with E-state index in [9.17, 15) is 9.90 Å². The number of halogens is 1. The van der Waals surface area contributed by atoms with Crippen molar-refractivity contribution in [2.24, 2.45) is 5.92 Å². The monoisotopic (exact) mass is 311 g/mol. The zero-order valence-corrected chi connectivity index (χ0v) is 12.4. The van der Waals surface area contributed by atoms with E-state index in [2.05, 4.69) is 0 Å². The Kier molecular flexibility index (Phi) is 4.33. The van der Waals surface area contributed by atoms with Gasteiger partial charge >= 0.3 is 0 Å². The summed E-state index contributed by atoms with van der Waals surface area (Å²) in [5.41, 5.74) is 0.247. The summed E-state index contributed by atoms with van der Waals surface area (Å²) >= 11 is 5.91. The van der Waals surface area contributed by atoms with Crippen molar-refractivity contribution in [3.63, 3.8) is 0 Å². The summed E-state index contributed by atoms with van der Waals surface area (Å²) in [6.45, 7) is 2.48. The number of rotatable bonds is 2.